The zero-order chi connectivity index (χ0) is 12.5. The molecule has 96 valence electrons. The van der Waals surface area contributed by atoms with Gasteiger partial charge in [-0.15, -0.1) is 0 Å². The number of benzene rings is 1. The highest BCUT2D eigenvalue weighted by atomic mass is 79.9. The van der Waals surface area contributed by atoms with E-state index in [1.807, 2.05) is 0 Å². The van der Waals surface area contributed by atoms with E-state index in [9.17, 15) is 4.79 Å². The minimum Gasteiger partial charge on any atom is -0.326 e. The number of nitrogens with one attached hydrogen (secondary N) is 1. The van der Waals surface area contributed by atoms with Crippen molar-refractivity contribution in [3.63, 3.8) is 0 Å². The first-order valence-electron chi connectivity index (χ1n) is 6.79. The maximum atomic E-state index is 11.3. The molecule has 1 amide bonds. The van der Waals surface area contributed by atoms with Crippen molar-refractivity contribution in [1.82, 2.24) is 0 Å². The zero-order valence-electron chi connectivity index (χ0n) is 10.4. The van der Waals surface area contributed by atoms with E-state index >= 15 is 0 Å². The van der Waals surface area contributed by atoms with Gasteiger partial charge >= 0.3 is 0 Å². The predicted molar refractivity (Wildman–Crippen MR) is 77.0 cm³/mol. The van der Waals surface area contributed by atoms with Gasteiger partial charge in [-0.05, 0) is 36.0 Å². The van der Waals surface area contributed by atoms with Crippen molar-refractivity contribution in [2.45, 2.75) is 43.4 Å². The Morgan fingerprint density at radius 3 is 2.89 bits per heavy atom. The van der Waals surface area contributed by atoms with Crippen LogP contribution in [0.3, 0.4) is 0 Å². The molecule has 1 aliphatic carbocycles. The molecule has 0 spiro atoms. The molecule has 1 atom stereocenters. The van der Waals surface area contributed by atoms with Gasteiger partial charge in [0, 0.05) is 16.9 Å². The maximum absolute atomic E-state index is 11.3. The number of alkyl halides is 1. The average molecular weight is 308 g/mol. The Kier molecular flexibility index (Phi) is 3.42. The third-order valence-electron chi connectivity index (χ3n) is 4.15. The molecule has 3 heteroatoms. The summed E-state index contributed by atoms with van der Waals surface area (Å²) in [6.07, 6.45) is 6.92. The molecule has 1 fully saturated rings. The number of aryl methyl sites for hydroxylation is 1. The van der Waals surface area contributed by atoms with Crippen molar-refractivity contribution >= 4 is 27.5 Å². The van der Waals surface area contributed by atoms with Gasteiger partial charge < -0.3 is 5.32 Å². The summed E-state index contributed by atoms with van der Waals surface area (Å²) in [7, 11) is 0. The minimum atomic E-state index is 0.139. The Morgan fingerprint density at radius 2 is 2.17 bits per heavy atom. The fourth-order valence-corrected chi connectivity index (χ4v) is 3.57. The molecule has 1 heterocycles. The van der Waals surface area contributed by atoms with Crippen molar-refractivity contribution in [3.8, 4) is 0 Å². The van der Waals surface area contributed by atoms with Gasteiger partial charge in [-0.25, -0.2) is 0 Å². The molecule has 3 rings (SSSR count). The van der Waals surface area contributed by atoms with Gasteiger partial charge in [0.2, 0.25) is 5.91 Å². The van der Waals surface area contributed by atoms with E-state index in [-0.39, 0.29) is 5.91 Å². The van der Waals surface area contributed by atoms with Crippen LogP contribution in [0.2, 0.25) is 0 Å². The van der Waals surface area contributed by atoms with E-state index in [1.165, 1.54) is 36.8 Å². The summed E-state index contributed by atoms with van der Waals surface area (Å²) >= 11 is 3.81. The monoisotopic (exact) mass is 307 g/mol. The largest absolute Gasteiger partial charge is 0.326 e. The van der Waals surface area contributed by atoms with E-state index in [4.69, 9.17) is 0 Å². The van der Waals surface area contributed by atoms with Gasteiger partial charge in [0.15, 0.2) is 0 Å². The van der Waals surface area contributed by atoms with Crippen molar-refractivity contribution in [2.75, 3.05) is 5.32 Å². The number of hydrogen-bond acceptors (Lipinski definition) is 1. The fourth-order valence-electron chi connectivity index (χ4n) is 2.76. The molecule has 1 saturated carbocycles. The SMILES string of the molecule is O=C1CCc2cc(C(Br)CC3CCC3)ccc2N1. The lowest BCUT2D eigenvalue weighted by Crippen LogP contribution is -2.19. The fraction of sp³-hybridized carbons (Fsp3) is 0.533. The molecule has 1 aliphatic heterocycles. The van der Waals surface area contributed by atoms with E-state index in [2.05, 4.69) is 39.4 Å². The maximum Gasteiger partial charge on any atom is 0.224 e. The topological polar surface area (TPSA) is 29.1 Å². The lowest BCUT2D eigenvalue weighted by molar-refractivity contribution is -0.116. The summed E-state index contributed by atoms with van der Waals surface area (Å²) < 4.78 is 0. The molecule has 0 saturated heterocycles. The molecule has 2 nitrogen and oxygen atoms in total. The molecule has 1 unspecified atom stereocenters. The van der Waals surface area contributed by atoms with Gasteiger partial charge in [-0.2, -0.15) is 0 Å². The molecule has 1 N–H and O–H groups in total. The third kappa shape index (κ3) is 2.46. The van der Waals surface area contributed by atoms with Gasteiger partial charge in [0.05, 0.1) is 0 Å². The average Bonchev–Trinajstić information content (AvgIpc) is 2.33. The Balaban J connectivity index is 1.74. The molecule has 18 heavy (non-hydrogen) atoms. The molecule has 1 aromatic carbocycles. The Labute approximate surface area is 116 Å². The second-order valence-corrected chi connectivity index (χ2v) is 6.57. The predicted octanol–water partition coefficient (Wildman–Crippen LogP) is 4.20. The van der Waals surface area contributed by atoms with E-state index in [0.717, 1.165) is 18.0 Å². The summed E-state index contributed by atoms with van der Waals surface area (Å²) in [5, 5.41) is 2.93. The van der Waals surface area contributed by atoms with E-state index < -0.39 is 0 Å². The van der Waals surface area contributed by atoms with Crippen LogP contribution in [-0.4, -0.2) is 5.91 Å². The van der Waals surface area contributed by atoms with Crippen LogP contribution in [0.25, 0.3) is 0 Å². The number of carbonyl (C=O) groups excluding carboxylic acids is 1. The number of rotatable bonds is 3. The Morgan fingerprint density at radius 1 is 1.33 bits per heavy atom. The first-order chi connectivity index (χ1) is 8.72. The Bertz CT molecular complexity index is 468. The zero-order valence-corrected chi connectivity index (χ0v) is 12.0. The molecule has 0 aromatic heterocycles. The Hall–Kier alpha value is -0.830. The first kappa shape index (κ1) is 12.2. The highest BCUT2D eigenvalue weighted by Crippen LogP contribution is 2.39. The van der Waals surface area contributed by atoms with E-state index in [0.29, 0.717) is 11.2 Å². The van der Waals surface area contributed by atoms with Gasteiger partial charge in [-0.1, -0.05) is 47.3 Å². The van der Waals surface area contributed by atoms with Gasteiger partial charge in [0.1, 0.15) is 0 Å². The number of amides is 1. The van der Waals surface area contributed by atoms with Crippen LogP contribution in [0, 0.1) is 5.92 Å². The summed E-state index contributed by atoms with van der Waals surface area (Å²) in [5.74, 6) is 1.05. The normalized spacial score (nSPS) is 20.8. The number of fused-ring (bicyclic) bond motifs is 1. The van der Waals surface area contributed by atoms with Crippen LogP contribution in [0.4, 0.5) is 5.69 Å². The lowest BCUT2D eigenvalue weighted by atomic mass is 9.81. The molecule has 1 aromatic rings. The summed E-state index contributed by atoms with van der Waals surface area (Å²) in [6, 6.07) is 6.45. The quantitative estimate of drug-likeness (QED) is 0.833. The van der Waals surface area contributed by atoms with Crippen LogP contribution >= 0.6 is 15.9 Å². The van der Waals surface area contributed by atoms with Crippen LogP contribution in [0.1, 0.15) is 48.1 Å². The van der Waals surface area contributed by atoms with Crippen molar-refractivity contribution in [1.29, 1.82) is 0 Å². The second-order valence-electron chi connectivity index (χ2n) is 5.46. The van der Waals surface area contributed by atoms with Crippen LogP contribution in [0.5, 0.6) is 0 Å². The first-order valence-corrected chi connectivity index (χ1v) is 7.70. The van der Waals surface area contributed by atoms with Crippen LogP contribution in [0.15, 0.2) is 18.2 Å². The number of anilines is 1. The lowest BCUT2D eigenvalue weighted by Gasteiger charge is -2.28. The highest BCUT2D eigenvalue weighted by Gasteiger charge is 2.22. The number of carbonyl (C=O) groups is 1. The summed E-state index contributed by atoms with van der Waals surface area (Å²) in [4.78, 5) is 11.8. The molecule has 0 radical (unpaired) electrons. The van der Waals surface area contributed by atoms with Crippen LogP contribution < -0.4 is 5.32 Å². The smallest absolute Gasteiger partial charge is 0.224 e. The van der Waals surface area contributed by atoms with Gasteiger partial charge in [0.25, 0.3) is 0 Å². The molecule has 0 bridgehead atoms. The third-order valence-corrected chi connectivity index (χ3v) is 5.05. The molecular weight excluding hydrogens is 290 g/mol. The summed E-state index contributed by atoms with van der Waals surface area (Å²) in [6.45, 7) is 0. The van der Waals surface area contributed by atoms with Crippen molar-refractivity contribution in [2.24, 2.45) is 5.92 Å². The standard InChI is InChI=1S/C15H18BrNO/c16-13(8-10-2-1-3-10)11-4-6-14-12(9-11)5-7-15(18)17-14/h4,6,9-10,13H,1-3,5,7-8H2,(H,17,18). The second kappa shape index (κ2) is 5.04. The molecule has 2 aliphatic rings. The van der Waals surface area contributed by atoms with E-state index in [1.54, 1.807) is 0 Å². The number of hydrogen-bond donors (Lipinski definition) is 1. The van der Waals surface area contributed by atoms with Crippen LogP contribution in [-0.2, 0) is 11.2 Å². The summed E-state index contributed by atoms with van der Waals surface area (Å²) in [5.41, 5.74) is 3.64. The van der Waals surface area contributed by atoms with Gasteiger partial charge in [-0.3, -0.25) is 4.79 Å². The van der Waals surface area contributed by atoms with Crippen molar-refractivity contribution in [3.05, 3.63) is 29.3 Å². The minimum absolute atomic E-state index is 0.139. The number of halogens is 1. The molecular formula is C15H18BrNO. The highest BCUT2D eigenvalue weighted by molar-refractivity contribution is 9.09. The van der Waals surface area contributed by atoms with Crippen molar-refractivity contribution < 1.29 is 4.79 Å².